The number of hydrogen-bond acceptors (Lipinski definition) is 5. The summed E-state index contributed by atoms with van der Waals surface area (Å²) in [6, 6.07) is 3.99. The number of amides is 1. The van der Waals surface area contributed by atoms with Gasteiger partial charge < -0.3 is 9.64 Å². The van der Waals surface area contributed by atoms with E-state index in [1.165, 1.54) is 0 Å². The molecule has 2 aromatic heterocycles. The average molecular weight is 326 g/mol. The number of aryl methyl sites for hydroxylation is 2. The number of ether oxygens (including phenoxy) is 1. The van der Waals surface area contributed by atoms with Gasteiger partial charge in [-0.25, -0.2) is 9.97 Å². The number of aromatic nitrogens is 3. The highest BCUT2D eigenvalue weighted by Gasteiger charge is 2.27. The molecule has 0 aromatic carbocycles. The number of likely N-dealkylation sites (tertiary alicyclic amines) is 1. The van der Waals surface area contributed by atoms with Crippen LogP contribution in [0.3, 0.4) is 0 Å². The molecule has 6 nitrogen and oxygen atoms in total. The van der Waals surface area contributed by atoms with Gasteiger partial charge in [-0.05, 0) is 43.9 Å². The second kappa shape index (κ2) is 7.38. The number of carbonyl (C=O) groups excluding carboxylic acids is 1. The predicted octanol–water partition coefficient (Wildman–Crippen LogP) is 2.43. The molecule has 1 atom stereocenters. The molecule has 3 rings (SSSR count). The summed E-state index contributed by atoms with van der Waals surface area (Å²) in [5.41, 5.74) is 2.49. The Hall–Kier alpha value is -2.50. The lowest BCUT2D eigenvalue weighted by molar-refractivity contribution is 0.0514. The molecule has 126 valence electrons. The molecule has 0 bridgehead atoms. The molecule has 1 fully saturated rings. The summed E-state index contributed by atoms with van der Waals surface area (Å²) in [6.45, 7) is 5.20. The molecule has 1 unspecified atom stereocenters. The largest absolute Gasteiger partial charge is 0.458 e. The van der Waals surface area contributed by atoms with E-state index >= 15 is 0 Å². The average Bonchev–Trinajstić information content (AvgIpc) is 2.62. The van der Waals surface area contributed by atoms with Gasteiger partial charge in [-0.2, -0.15) is 0 Å². The van der Waals surface area contributed by atoms with Crippen molar-refractivity contribution in [3.05, 3.63) is 47.5 Å². The van der Waals surface area contributed by atoms with Crippen LogP contribution in [-0.4, -0.2) is 45.0 Å². The van der Waals surface area contributed by atoms with E-state index in [2.05, 4.69) is 21.9 Å². The van der Waals surface area contributed by atoms with Crippen LogP contribution < -0.4 is 4.74 Å². The van der Waals surface area contributed by atoms with E-state index in [1.54, 1.807) is 24.7 Å². The van der Waals surface area contributed by atoms with Crippen LogP contribution in [0.1, 0.15) is 41.4 Å². The van der Waals surface area contributed by atoms with Crippen LogP contribution in [0.2, 0.25) is 0 Å². The Labute approximate surface area is 141 Å². The quantitative estimate of drug-likeness (QED) is 0.863. The van der Waals surface area contributed by atoms with E-state index < -0.39 is 0 Å². The second-order valence-electron chi connectivity index (χ2n) is 6.00. The highest BCUT2D eigenvalue weighted by molar-refractivity contribution is 5.95. The molecule has 0 N–H and O–H groups in total. The molecule has 1 aliphatic heterocycles. The number of carbonyl (C=O) groups is 1. The highest BCUT2D eigenvalue weighted by atomic mass is 16.5. The van der Waals surface area contributed by atoms with Crippen LogP contribution in [-0.2, 0) is 6.42 Å². The maximum absolute atomic E-state index is 12.7. The summed E-state index contributed by atoms with van der Waals surface area (Å²) in [6.07, 6.45) is 7.90. The molecular formula is C18H22N4O2. The first-order valence-corrected chi connectivity index (χ1v) is 8.36. The summed E-state index contributed by atoms with van der Waals surface area (Å²) < 4.78 is 5.87. The summed E-state index contributed by atoms with van der Waals surface area (Å²) in [5, 5.41) is 0. The van der Waals surface area contributed by atoms with Gasteiger partial charge in [-0.1, -0.05) is 6.92 Å². The van der Waals surface area contributed by atoms with Crippen molar-refractivity contribution < 1.29 is 9.53 Å². The van der Waals surface area contributed by atoms with Gasteiger partial charge in [0, 0.05) is 30.8 Å². The van der Waals surface area contributed by atoms with Crippen molar-refractivity contribution in [3.63, 3.8) is 0 Å². The molecular weight excluding hydrogens is 304 g/mol. The second-order valence-corrected chi connectivity index (χ2v) is 6.00. The van der Waals surface area contributed by atoms with Crippen LogP contribution in [0.25, 0.3) is 0 Å². The highest BCUT2D eigenvalue weighted by Crippen LogP contribution is 2.18. The SMILES string of the molecule is CCc1cnc(OC2CCCN(C(=O)c3cccnc3C)C2)nc1. The fraction of sp³-hybridized carbons (Fsp3) is 0.444. The van der Waals surface area contributed by atoms with Gasteiger partial charge in [0.05, 0.1) is 12.1 Å². The predicted molar refractivity (Wildman–Crippen MR) is 89.9 cm³/mol. The Morgan fingerprint density at radius 3 is 2.83 bits per heavy atom. The Morgan fingerprint density at radius 1 is 1.33 bits per heavy atom. The maximum atomic E-state index is 12.7. The molecule has 6 heteroatoms. The number of pyridine rings is 1. The van der Waals surface area contributed by atoms with Crippen molar-refractivity contribution in [2.75, 3.05) is 13.1 Å². The Balaban J connectivity index is 1.65. The maximum Gasteiger partial charge on any atom is 0.316 e. The minimum atomic E-state index is -0.0767. The van der Waals surface area contributed by atoms with E-state index in [-0.39, 0.29) is 12.0 Å². The third-order valence-electron chi connectivity index (χ3n) is 4.26. The van der Waals surface area contributed by atoms with Crippen molar-refractivity contribution in [2.24, 2.45) is 0 Å². The number of nitrogens with zero attached hydrogens (tertiary/aromatic N) is 4. The van der Waals surface area contributed by atoms with Gasteiger partial charge in [-0.15, -0.1) is 0 Å². The zero-order valence-electron chi connectivity index (χ0n) is 14.1. The van der Waals surface area contributed by atoms with E-state index in [4.69, 9.17) is 4.74 Å². The molecule has 2 aromatic rings. The van der Waals surface area contributed by atoms with Crippen LogP contribution in [0.5, 0.6) is 6.01 Å². The topological polar surface area (TPSA) is 68.2 Å². The molecule has 1 amide bonds. The fourth-order valence-corrected chi connectivity index (χ4v) is 2.83. The number of piperidine rings is 1. The molecule has 1 aliphatic rings. The lowest BCUT2D eigenvalue weighted by atomic mass is 10.1. The van der Waals surface area contributed by atoms with E-state index in [0.717, 1.165) is 37.1 Å². The van der Waals surface area contributed by atoms with Gasteiger partial charge >= 0.3 is 6.01 Å². The summed E-state index contributed by atoms with van der Waals surface area (Å²) in [4.78, 5) is 27.2. The standard InChI is InChI=1S/C18H22N4O2/c1-3-14-10-20-18(21-11-14)24-15-6-5-9-22(12-15)17(23)16-7-4-8-19-13(16)2/h4,7-8,10-11,15H,3,5-6,9,12H2,1-2H3. The zero-order valence-corrected chi connectivity index (χ0v) is 14.1. The molecule has 3 heterocycles. The minimum absolute atomic E-state index is 0.0103. The van der Waals surface area contributed by atoms with Gasteiger partial charge in [0.2, 0.25) is 0 Å². The van der Waals surface area contributed by atoms with Crippen LogP contribution in [0, 0.1) is 6.92 Å². The van der Waals surface area contributed by atoms with Gasteiger partial charge in [0.25, 0.3) is 5.91 Å². The number of hydrogen-bond donors (Lipinski definition) is 0. The fourth-order valence-electron chi connectivity index (χ4n) is 2.83. The zero-order chi connectivity index (χ0) is 16.9. The minimum Gasteiger partial charge on any atom is -0.458 e. The van der Waals surface area contributed by atoms with Gasteiger partial charge in [0.15, 0.2) is 0 Å². The Kier molecular flexibility index (Phi) is 5.03. The molecule has 1 saturated heterocycles. The van der Waals surface area contributed by atoms with E-state index in [9.17, 15) is 4.79 Å². The third-order valence-corrected chi connectivity index (χ3v) is 4.26. The van der Waals surface area contributed by atoms with Crippen LogP contribution >= 0.6 is 0 Å². The first-order chi connectivity index (χ1) is 11.7. The van der Waals surface area contributed by atoms with E-state index in [0.29, 0.717) is 18.1 Å². The molecule has 0 saturated carbocycles. The third kappa shape index (κ3) is 3.69. The Morgan fingerprint density at radius 2 is 2.12 bits per heavy atom. The first-order valence-electron chi connectivity index (χ1n) is 8.36. The van der Waals surface area contributed by atoms with Crippen LogP contribution in [0.4, 0.5) is 0 Å². The van der Waals surface area contributed by atoms with Gasteiger partial charge in [0.1, 0.15) is 6.10 Å². The summed E-state index contributed by atoms with van der Waals surface area (Å²) in [7, 11) is 0. The lowest BCUT2D eigenvalue weighted by Gasteiger charge is -2.32. The van der Waals surface area contributed by atoms with Crippen molar-refractivity contribution in [1.82, 2.24) is 19.9 Å². The van der Waals surface area contributed by atoms with Crippen molar-refractivity contribution in [2.45, 2.75) is 39.2 Å². The molecule has 0 spiro atoms. The normalized spacial score (nSPS) is 17.6. The van der Waals surface area contributed by atoms with Crippen molar-refractivity contribution in [1.29, 1.82) is 0 Å². The number of rotatable bonds is 4. The molecule has 0 radical (unpaired) electrons. The molecule has 0 aliphatic carbocycles. The first kappa shape index (κ1) is 16.4. The Bertz CT molecular complexity index is 702. The monoisotopic (exact) mass is 326 g/mol. The summed E-state index contributed by atoms with van der Waals surface area (Å²) >= 11 is 0. The van der Waals surface area contributed by atoms with Crippen LogP contribution in [0.15, 0.2) is 30.7 Å². The van der Waals surface area contributed by atoms with Crippen molar-refractivity contribution >= 4 is 5.91 Å². The lowest BCUT2D eigenvalue weighted by Crippen LogP contribution is -2.44. The van der Waals surface area contributed by atoms with Crippen molar-refractivity contribution in [3.8, 4) is 6.01 Å². The van der Waals surface area contributed by atoms with E-state index in [1.807, 2.05) is 17.9 Å². The smallest absolute Gasteiger partial charge is 0.316 e. The summed E-state index contributed by atoms with van der Waals surface area (Å²) in [5.74, 6) is 0.0103. The van der Waals surface area contributed by atoms with Gasteiger partial charge in [-0.3, -0.25) is 9.78 Å². The molecule has 24 heavy (non-hydrogen) atoms.